The fourth-order valence-electron chi connectivity index (χ4n) is 2.53. The van der Waals surface area contributed by atoms with Gasteiger partial charge < -0.3 is 0 Å². The van der Waals surface area contributed by atoms with Gasteiger partial charge in [-0.15, -0.1) is 11.3 Å². The van der Waals surface area contributed by atoms with Gasteiger partial charge in [-0.25, -0.2) is 9.97 Å². The van der Waals surface area contributed by atoms with Gasteiger partial charge in [0.05, 0.1) is 0 Å². The van der Waals surface area contributed by atoms with E-state index in [1.54, 1.807) is 0 Å². The summed E-state index contributed by atoms with van der Waals surface area (Å²) in [6.45, 7) is 7.31. The standard InChI is InChI=1S/C15H19N3S/c1-3-13-4-5-14(19-13)10-18-7-6-15-12(9-18)8-16-11(2)17-15/h4-5,8H,3,6-7,9-10H2,1-2H3. The van der Waals surface area contributed by atoms with Crippen LogP contribution in [0.2, 0.25) is 0 Å². The molecule has 0 spiro atoms. The Labute approximate surface area is 118 Å². The van der Waals surface area contributed by atoms with Crippen LogP contribution in [0.3, 0.4) is 0 Å². The van der Waals surface area contributed by atoms with Crippen LogP contribution in [-0.4, -0.2) is 21.4 Å². The van der Waals surface area contributed by atoms with Gasteiger partial charge in [-0.2, -0.15) is 0 Å². The molecule has 4 heteroatoms. The Morgan fingerprint density at radius 2 is 2.16 bits per heavy atom. The van der Waals surface area contributed by atoms with Crippen molar-refractivity contribution in [2.75, 3.05) is 6.54 Å². The molecule has 0 N–H and O–H groups in total. The lowest BCUT2D eigenvalue weighted by molar-refractivity contribution is 0.245. The molecule has 0 radical (unpaired) electrons. The van der Waals surface area contributed by atoms with Gasteiger partial charge in [-0.05, 0) is 25.5 Å². The van der Waals surface area contributed by atoms with E-state index in [-0.39, 0.29) is 0 Å². The van der Waals surface area contributed by atoms with Crippen LogP contribution in [0.1, 0.15) is 33.8 Å². The lowest BCUT2D eigenvalue weighted by atomic mass is 10.1. The van der Waals surface area contributed by atoms with Gasteiger partial charge in [0.15, 0.2) is 0 Å². The molecule has 3 rings (SSSR count). The largest absolute Gasteiger partial charge is 0.293 e. The topological polar surface area (TPSA) is 29.0 Å². The Morgan fingerprint density at radius 3 is 2.95 bits per heavy atom. The smallest absolute Gasteiger partial charge is 0.125 e. The minimum absolute atomic E-state index is 0.887. The molecule has 19 heavy (non-hydrogen) atoms. The summed E-state index contributed by atoms with van der Waals surface area (Å²) in [7, 11) is 0. The molecule has 0 bridgehead atoms. The Bertz CT molecular complexity index is 577. The van der Waals surface area contributed by atoms with E-state index in [1.165, 1.54) is 21.0 Å². The second-order valence-electron chi connectivity index (χ2n) is 5.07. The molecule has 2 aromatic heterocycles. The van der Waals surface area contributed by atoms with Crippen LogP contribution in [-0.2, 0) is 25.9 Å². The number of thiophene rings is 1. The van der Waals surface area contributed by atoms with Crippen molar-refractivity contribution < 1.29 is 0 Å². The number of hydrogen-bond acceptors (Lipinski definition) is 4. The summed E-state index contributed by atoms with van der Waals surface area (Å²) in [4.78, 5) is 14.3. The highest BCUT2D eigenvalue weighted by Gasteiger charge is 2.18. The lowest BCUT2D eigenvalue weighted by Crippen LogP contribution is -2.30. The van der Waals surface area contributed by atoms with Crippen molar-refractivity contribution in [2.45, 2.75) is 39.8 Å². The van der Waals surface area contributed by atoms with Crippen LogP contribution in [0.15, 0.2) is 18.3 Å². The van der Waals surface area contributed by atoms with Crippen LogP contribution in [0.25, 0.3) is 0 Å². The van der Waals surface area contributed by atoms with Crippen LogP contribution in [0.5, 0.6) is 0 Å². The zero-order valence-electron chi connectivity index (χ0n) is 11.5. The van der Waals surface area contributed by atoms with Crippen molar-refractivity contribution in [1.82, 2.24) is 14.9 Å². The molecule has 1 aliphatic heterocycles. The summed E-state index contributed by atoms with van der Waals surface area (Å²) in [6, 6.07) is 4.52. The Kier molecular flexibility index (Phi) is 3.62. The van der Waals surface area contributed by atoms with Crippen LogP contribution >= 0.6 is 11.3 Å². The number of rotatable bonds is 3. The number of fused-ring (bicyclic) bond motifs is 1. The van der Waals surface area contributed by atoms with E-state index in [1.807, 2.05) is 24.5 Å². The van der Waals surface area contributed by atoms with Crippen molar-refractivity contribution in [3.05, 3.63) is 45.2 Å². The van der Waals surface area contributed by atoms with Gasteiger partial charge in [0.1, 0.15) is 5.82 Å². The molecule has 0 saturated heterocycles. The number of hydrogen-bond donors (Lipinski definition) is 0. The average molecular weight is 273 g/mol. The van der Waals surface area contributed by atoms with Crippen LogP contribution in [0, 0.1) is 6.92 Å². The molecule has 1 aliphatic rings. The third-order valence-electron chi connectivity index (χ3n) is 3.58. The van der Waals surface area contributed by atoms with Gasteiger partial charge in [-0.3, -0.25) is 4.90 Å². The van der Waals surface area contributed by atoms with E-state index in [2.05, 4.69) is 33.9 Å². The zero-order valence-corrected chi connectivity index (χ0v) is 12.3. The van der Waals surface area contributed by atoms with Crippen molar-refractivity contribution in [3.8, 4) is 0 Å². The first-order chi connectivity index (χ1) is 9.24. The molecule has 0 unspecified atom stereocenters. The zero-order chi connectivity index (χ0) is 13.2. The van der Waals surface area contributed by atoms with Crippen molar-refractivity contribution in [3.63, 3.8) is 0 Å². The summed E-state index contributed by atoms with van der Waals surface area (Å²) >= 11 is 1.94. The lowest BCUT2D eigenvalue weighted by Gasteiger charge is -2.27. The fraction of sp³-hybridized carbons (Fsp3) is 0.467. The quantitative estimate of drug-likeness (QED) is 0.861. The molecule has 100 valence electrons. The molecular weight excluding hydrogens is 254 g/mol. The first-order valence-corrected chi connectivity index (χ1v) is 7.67. The summed E-state index contributed by atoms with van der Waals surface area (Å²) < 4.78 is 0. The normalized spacial score (nSPS) is 15.5. The highest BCUT2D eigenvalue weighted by molar-refractivity contribution is 7.11. The van der Waals surface area contributed by atoms with Gasteiger partial charge >= 0.3 is 0 Å². The number of nitrogens with zero attached hydrogens (tertiary/aromatic N) is 3. The molecule has 3 nitrogen and oxygen atoms in total. The molecule has 0 aliphatic carbocycles. The second-order valence-corrected chi connectivity index (χ2v) is 6.32. The average Bonchev–Trinajstić information content (AvgIpc) is 2.86. The molecule has 0 atom stereocenters. The van der Waals surface area contributed by atoms with E-state index in [0.29, 0.717) is 0 Å². The van der Waals surface area contributed by atoms with Gasteiger partial charge in [-0.1, -0.05) is 6.92 Å². The minimum atomic E-state index is 0.887. The first-order valence-electron chi connectivity index (χ1n) is 6.86. The van der Waals surface area contributed by atoms with E-state index in [4.69, 9.17) is 0 Å². The van der Waals surface area contributed by atoms with Crippen LogP contribution < -0.4 is 0 Å². The Balaban J connectivity index is 1.70. The predicted octanol–water partition coefficient (Wildman–Crippen LogP) is 2.97. The third kappa shape index (κ3) is 2.85. The first kappa shape index (κ1) is 12.8. The maximum Gasteiger partial charge on any atom is 0.125 e. The SMILES string of the molecule is CCc1ccc(CN2CCc3nc(C)ncc3C2)s1. The third-order valence-corrected chi connectivity index (χ3v) is 4.79. The maximum atomic E-state index is 4.54. The van der Waals surface area contributed by atoms with Crippen LogP contribution in [0.4, 0.5) is 0 Å². The Morgan fingerprint density at radius 1 is 1.32 bits per heavy atom. The molecule has 0 aromatic carbocycles. The summed E-state index contributed by atoms with van der Waals surface area (Å²) in [5.41, 5.74) is 2.54. The molecular formula is C15H19N3S. The van der Waals surface area contributed by atoms with Crippen molar-refractivity contribution in [1.29, 1.82) is 0 Å². The van der Waals surface area contributed by atoms with E-state index >= 15 is 0 Å². The Hall–Kier alpha value is -1.26. The summed E-state index contributed by atoms with van der Waals surface area (Å²) in [5, 5.41) is 0. The predicted molar refractivity (Wildman–Crippen MR) is 78.3 cm³/mol. The summed E-state index contributed by atoms with van der Waals surface area (Å²) in [6.07, 6.45) is 4.18. The molecule has 3 heterocycles. The van der Waals surface area contributed by atoms with E-state index < -0.39 is 0 Å². The number of aryl methyl sites for hydroxylation is 2. The molecule has 0 fully saturated rings. The van der Waals surface area contributed by atoms with Crippen molar-refractivity contribution in [2.24, 2.45) is 0 Å². The van der Waals surface area contributed by atoms with Gasteiger partial charge in [0, 0.05) is 53.3 Å². The van der Waals surface area contributed by atoms with Gasteiger partial charge in [0.25, 0.3) is 0 Å². The molecule has 0 saturated carbocycles. The fourth-order valence-corrected chi connectivity index (χ4v) is 3.53. The highest BCUT2D eigenvalue weighted by atomic mass is 32.1. The van der Waals surface area contributed by atoms with Gasteiger partial charge in [0.2, 0.25) is 0 Å². The highest BCUT2D eigenvalue weighted by Crippen LogP contribution is 2.22. The monoisotopic (exact) mass is 273 g/mol. The molecule has 2 aromatic rings. The van der Waals surface area contributed by atoms with E-state index in [0.717, 1.165) is 38.3 Å². The van der Waals surface area contributed by atoms with E-state index in [9.17, 15) is 0 Å². The van der Waals surface area contributed by atoms with Crippen molar-refractivity contribution >= 4 is 11.3 Å². The number of aromatic nitrogens is 2. The maximum absolute atomic E-state index is 4.54. The second kappa shape index (κ2) is 5.39. The summed E-state index contributed by atoms with van der Waals surface area (Å²) in [5.74, 6) is 0.887. The minimum Gasteiger partial charge on any atom is -0.293 e. The molecule has 0 amide bonds.